The third kappa shape index (κ3) is 3.08. The average Bonchev–Trinajstić information content (AvgIpc) is 2.52. The van der Waals surface area contributed by atoms with E-state index in [0.717, 1.165) is 5.56 Å². The van der Waals surface area contributed by atoms with Gasteiger partial charge in [-0.15, -0.1) is 4.73 Å². The second-order valence-electron chi connectivity index (χ2n) is 4.46. The molecule has 1 heterocycles. The van der Waals surface area contributed by atoms with Crippen molar-refractivity contribution in [3.05, 3.63) is 62.8 Å². The van der Waals surface area contributed by atoms with E-state index < -0.39 is 11.5 Å². The van der Waals surface area contributed by atoms with Crippen LogP contribution in [0.3, 0.4) is 0 Å². The van der Waals surface area contributed by atoms with Crippen LogP contribution in [0.25, 0.3) is 0 Å². The Morgan fingerprint density at radius 3 is 2.59 bits per heavy atom. The van der Waals surface area contributed by atoms with Crippen molar-refractivity contribution >= 4 is 5.97 Å². The minimum Gasteiger partial charge on any atom is -0.616 e. The van der Waals surface area contributed by atoms with Crippen molar-refractivity contribution in [2.75, 3.05) is 13.7 Å². The van der Waals surface area contributed by atoms with Crippen molar-refractivity contribution in [3.63, 3.8) is 0 Å². The van der Waals surface area contributed by atoms with Crippen LogP contribution in [0.15, 0.2) is 35.1 Å². The zero-order valence-electron chi connectivity index (χ0n) is 12.3. The maximum absolute atomic E-state index is 12.3. The molecule has 22 heavy (non-hydrogen) atoms. The molecule has 0 saturated carbocycles. The summed E-state index contributed by atoms with van der Waals surface area (Å²) in [7, 11) is 1.25. The minimum absolute atomic E-state index is 0.0592. The fourth-order valence-electron chi connectivity index (χ4n) is 2.02. The number of H-pyrrole nitrogens is 1. The average molecular weight is 304 g/mol. The number of benzene rings is 1. The number of carbonyl (C=O) groups is 1. The predicted molar refractivity (Wildman–Crippen MR) is 77.8 cm³/mol. The zero-order chi connectivity index (χ0) is 16.1. The number of hydrogen-bond donors (Lipinski definition) is 1. The van der Waals surface area contributed by atoms with Gasteiger partial charge in [-0.1, -0.05) is 30.3 Å². The molecule has 0 atom stereocenters. The number of hydrogen-bond acceptors (Lipinski definition) is 5. The van der Waals surface area contributed by atoms with Crippen LogP contribution in [0.2, 0.25) is 0 Å². The van der Waals surface area contributed by atoms with Gasteiger partial charge in [0.05, 0.1) is 20.1 Å². The highest BCUT2D eigenvalue weighted by Gasteiger charge is 2.28. The molecule has 2 aromatic rings. The van der Waals surface area contributed by atoms with E-state index in [0.29, 0.717) is 4.73 Å². The summed E-state index contributed by atoms with van der Waals surface area (Å²) in [6.07, 6.45) is 0.124. The first-order valence-electron chi connectivity index (χ1n) is 6.72. The summed E-state index contributed by atoms with van der Waals surface area (Å²) in [4.78, 5) is 26.2. The summed E-state index contributed by atoms with van der Waals surface area (Å²) in [6, 6.07) is 9.05. The Kier molecular flexibility index (Phi) is 4.77. The van der Waals surface area contributed by atoms with E-state index in [1.165, 1.54) is 7.11 Å². The van der Waals surface area contributed by atoms with Crippen LogP contribution in [0.4, 0.5) is 0 Å². The molecule has 0 bridgehead atoms. The van der Waals surface area contributed by atoms with Gasteiger partial charge in [-0.3, -0.25) is 4.79 Å². The molecule has 1 aromatic carbocycles. The molecule has 7 nitrogen and oxygen atoms in total. The van der Waals surface area contributed by atoms with Gasteiger partial charge >= 0.3 is 17.4 Å². The molecule has 7 heteroatoms. The molecule has 0 aliphatic heterocycles. The number of esters is 1. The lowest BCUT2D eigenvalue weighted by molar-refractivity contribution is -0.621. The van der Waals surface area contributed by atoms with Gasteiger partial charge in [0.25, 0.3) is 5.69 Å². The first kappa shape index (κ1) is 15.6. The second-order valence-corrected chi connectivity index (χ2v) is 4.46. The Morgan fingerprint density at radius 1 is 1.32 bits per heavy atom. The lowest BCUT2D eigenvalue weighted by Crippen LogP contribution is -2.43. The molecular weight excluding hydrogens is 288 g/mol. The number of aromatic nitrogens is 2. The first-order valence-corrected chi connectivity index (χ1v) is 6.72. The largest absolute Gasteiger partial charge is 0.616 e. The van der Waals surface area contributed by atoms with E-state index in [1.807, 2.05) is 18.2 Å². The van der Waals surface area contributed by atoms with Gasteiger partial charge in [0, 0.05) is 0 Å². The van der Waals surface area contributed by atoms with Crippen LogP contribution < -0.4 is 15.0 Å². The number of ether oxygens (including phenoxy) is 2. The summed E-state index contributed by atoms with van der Waals surface area (Å²) in [5.74, 6) is -1.10. The van der Waals surface area contributed by atoms with Crippen molar-refractivity contribution in [1.29, 1.82) is 0 Å². The van der Waals surface area contributed by atoms with Gasteiger partial charge < -0.3 is 19.7 Å². The van der Waals surface area contributed by atoms with E-state index in [-0.39, 0.29) is 30.3 Å². The predicted octanol–water partition coefficient (Wildman–Crippen LogP) is 0.784. The number of rotatable bonds is 5. The van der Waals surface area contributed by atoms with Gasteiger partial charge in [0.2, 0.25) is 5.69 Å². The number of aromatic amines is 1. The van der Waals surface area contributed by atoms with E-state index in [9.17, 15) is 14.8 Å². The summed E-state index contributed by atoms with van der Waals surface area (Å²) in [5, 5.41) is 12.3. The van der Waals surface area contributed by atoms with Gasteiger partial charge in [-0.05, 0) is 12.5 Å². The minimum atomic E-state index is -0.813. The Balaban J connectivity index is 2.49. The molecule has 0 saturated heterocycles. The Morgan fingerprint density at radius 2 is 2.00 bits per heavy atom. The van der Waals surface area contributed by atoms with Gasteiger partial charge in [-0.25, -0.2) is 4.79 Å². The highest BCUT2D eigenvalue weighted by atomic mass is 16.6. The van der Waals surface area contributed by atoms with Crippen molar-refractivity contribution in [2.45, 2.75) is 13.3 Å². The molecule has 0 aliphatic rings. The maximum atomic E-state index is 12.3. The molecule has 1 aromatic heterocycles. The highest BCUT2D eigenvalue weighted by molar-refractivity contribution is 5.89. The molecule has 0 fully saturated rings. The normalized spacial score (nSPS) is 10.3. The van der Waals surface area contributed by atoms with E-state index >= 15 is 0 Å². The van der Waals surface area contributed by atoms with E-state index in [1.54, 1.807) is 19.1 Å². The first-order chi connectivity index (χ1) is 10.6. The van der Waals surface area contributed by atoms with Crippen molar-refractivity contribution in [1.82, 2.24) is 4.98 Å². The topological polar surface area (TPSA) is 95.3 Å². The van der Waals surface area contributed by atoms with Crippen LogP contribution >= 0.6 is 0 Å². The number of nitrogens with one attached hydrogen (secondary N) is 1. The molecule has 0 spiro atoms. The molecular formula is C15H16N2O5. The Labute approximate surface area is 126 Å². The molecule has 2 rings (SSSR count). The van der Waals surface area contributed by atoms with Crippen molar-refractivity contribution in [3.8, 4) is 5.88 Å². The smallest absolute Gasteiger partial charge is 0.411 e. The molecule has 0 unspecified atom stereocenters. The van der Waals surface area contributed by atoms with Crippen molar-refractivity contribution in [2.24, 2.45) is 0 Å². The van der Waals surface area contributed by atoms with Crippen LogP contribution in [-0.4, -0.2) is 24.7 Å². The van der Waals surface area contributed by atoms with E-state index in [4.69, 9.17) is 9.47 Å². The lowest BCUT2D eigenvalue weighted by Gasteiger charge is -2.10. The summed E-state index contributed by atoms with van der Waals surface area (Å²) >= 11 is 0. The fraction of sp³-hybridized carbons (Fsp3) is 0.267. The van der Waals surface area contributed by atoms with Crippen LogP contribution in [0.5, 0.6) is 5.88 Å². The number of nitrogens with zero attached hydrogens (tertiary/aromatic N) is 1. The maximum Gasteiger partial charge on any atom is 0.411 e. The molecule has 1 N–H and O–H groups in total. The zero-order valence-corrected chi connectivity index (χ0v) is 12.3. The van der Waals surface area contributed by atoms with Gasteiger partial charge in [-0.2, -0.15) is 0 Å². The Hall–Kier alpha value is -2.83. The SMILES string of the molecule is CCOC(=O)c1[nH]c(=O)c(Cc2ccccc2)[n+]([O-])c1OC. The fourth-order valence-corrected chi connectivity index (χ4v) is 2.02. The van der Waals surface area contributed by atoms with Crippen LogP contribution in [0, 0.1) is 5.21 Å². The third-order valence-electron chi connectivity index (χ3n) is 3.03. The van der Waals surface area contributed by atoms with Crippen LogP contribution in [0.1, 0.15) is 28.7 Å². The molecule has 0 amide bonds. The molecule has 0 radical (unpaired) electrons. The summed E-state index contributed by atoms with van der Waals surface area (Å²) in [5.41, 5.74) is -0.205. The summed E-state index contributed by atoms with van der Waals surface area (Å²) < 4.78 is 10.1. The monoisotopic (exact) mass is 304 g/mol. The Bertz CT molecular complexity index is 725. The lowest BCUT2D eigenvalue weighted by atomic mass is 10.1. The van der Waals surface area contributed by atoms with E-state index in [2.05, 4.69) is 4.98 Å². The van der Waals surface area contributed by atoms with Gasteiger partial charge in [0.1, 0.15) is 0 Å². The molecule has 116 valence electrons. The van der Waals surface area contributed by atoms with Crippen molar-refractivity contribution < 1.29 is 19.0 Å². The summed E-state index contributed by atoms with van der Waals surface area (Å²) in [6.45, 7) is 1.74. The number of methoxy groups -OCH3 is 1. The standard InChI is InChI=1S/C15H16N2O5/c1-3-22-15(19)12-14(21-2)17(20)11(13(18)16-12)9-10-7-5-4-6-8-10/h4-8H,3,9H2,1-2H3,(H,16,18). The van der Waals surface area contributed by atoms with Gasteiger partial charge in [0.15, 0.2) is 0 Å². The third-order valence-corrected chi connectivity index (χ3v) is 3.03. The second kappa shape index (κ2) is 6.75. The quantitative estimate of drug-likeness (QED) is 0.500. The molecule has 0 aliphatic carbocycles. The highest BCUT2D eigenvalue weighted by Crippen LogP contribution is 2.12. The number of carbonyl (C=O) groups excluding carboxylic acids is 1. The van der Waals surface area contributed by atoms with Crippen LogP contribution in [-0.2, 0) is 11.2 Å².